The molecule has 0 aliphatic rings. The summed E-state index contributed by atoms with van der Waals surface area (Å²) in [4.78, 5) is 13.6. The average molecular weight is 247 g/mol. The van der Waals surface area contributed by atoms with Gasteiger partial charge in [0, 0.05) is 23.0 Å². The van der Waals surface area contributed by atoms with Crippen molar-refractivity contribution in [3.8, 4) is 0 Å². The summed E-state index contributed by atoms with van der Waals surface area (Å²) in [6.45, 7) is 3.62. The van der Waals surface area contributed by atoms with Crippen LogP contribution >= 0.6 is 11.8 Å². The van der Waals surface area contributed by atoms with Crippen LogP contribution in [0.15, 0.2) is 40.6 Å². The summed E-state index contributed by atoms with van der Waals surface area (Å²) in [6.07, 6.45) is 2.92. The first-order valence-electron chi connectivity index (χ1n) is 5.26. The van der Waals surface area contributed by atoms with E-state index in [1.54, 1.807) is 19.3 Å². The quantitative estimate of drug-likeness (QED) is 0.844. The summed E-state index contributed by atoms with van der Waals surface area (Å²) in [5.41, 5.74) is 1.61. The molecule has 0 saturated carbocycles. The average Bonchev–Trinajstić information content (AvgIpc) is 2.29. The van der Waals surface area contributed by atoms with Gasteiger partial charge in [0.1, 0.15) is 0 Å². The number of aliphatic hydroxyl groups is 1. The Labute approximate surface area is 104 Å². The maximum absolute atomic E-state index is 9.35. The van der Waals surface area contributed by atoms with Crippen LogP contribution in [0.1, 0.15) is 24.4 Å². The Kier molecular flexibility index (Phi) is 3.71. The van der Waals surface area contributed by atoms with Gasteiger partial charge in [-0.1, -0.05) is 0 Å². The molecule has 0 fully saturated rings. The van der Waals surface area contributed by atoms with Crippen molar-refractivity contribution < 1.29 is 5.11 Å². The predicted octanol–water partition coefficient (Wildman–Crippen LogP) is 2.38. The number of pyridine rings is 1. The Hall–Kier alpha value is -1.46. The van der Waals surface area contributed by atoms with E-state index >= 15 is 0 Å². The molecule has 0 radical (unpaired) electrons. The molecule has 0 saturated heterocycles. The lowest BCUT2D eigenvalue weighted by Crippen LogP contribution is -1.94. The van der Waals surface area contributed by atoms with E-state index in [1.807, 2.05) is 25.1 Å². The molecule has 1 N–H and O–H groups in total. The number of aliphatic hydroxyl groups excluding tert-OH is 1. The van der Waals surface area contributed by atoms with Crippen LogP contribution in [-0.4, -0.2) is 20.1 Å². The zero-order valence-corrected chi connectivity index (χ0v) is 10.5. The van der Waals surface area contributed by atoms with Gasteiger partial charge in [-0.2, -0.15) is 0 Å². The summed E-state index contributed by atoms with van der Waals surface area (Å²) >= 11 is 1.46. The highest BCUT2D eigenvalue weighted by Gasteiger charge is 2.04. The highest BCUT2D eigenvalue weighted by atomic mass is 32.2. The second-order valence-corrected chi connectivity index (χ2v) is 4.72. The first-order chi connectivity index (χ1) is 8.15. The van der Waals surface area contributed by atoms with Gasteiger partial charge in [-0.3, -0.25) is 4.98 Å². The van der Waals surface area contributed by atoms with Gasteiger partial charge in [-0.15, -0.1) is 0 Å². The normalized spacial score (nSPS) is 12.4. The van der Waals surface area contributed by atoms with E-state index in [9.17, 15) is 5.11 Å². The highest BCUT2D eigenvalue weighted by Crippen LogP contribution is 2.24. The van der Waals surface area contributed by atoms with Crippen LogP contribution in [0.5, 0.6) is 0 Å². The third kappa shape index (κ3) is 3.25. The number of nitrogens with zero attached hydrogens (tertiary/aromatic N) is 3. The van der Waals surface area contributed by atoms with Crippen LogP contribution in [0.2, 0.25) is 0 Å². The molecule has 2 heterocycles. The van der Waals surface area contributed by atoms with Gasteiger partial charge < -0.3 is 5.11 Å². The molecular formula is C12H13N3OS. The summed E-state index contributed by atoms with van der Waals surface area (Å²) in [5, 5.41) is 10.1. The molecule has 17 heavy (non-hydrogen) atoms. The molecule has 5 heteroatoms. The van der Waals surface area contributed by atoms with E-state index < -0.39 is 6.10 Å². The Bertz CT molecular complexity index is 499. The molecule has 2 aromatic heterocycles. The van der Waals surface area contributed by atoms with Crippen molar-refractivity contribution in [1.29, 1.82) is 0 Å². The van der Waals surface area contributed by atoms with Gasteiger partial charge >= 0.3 is 0 Å². The molecule has 1 atom stereocenters. The minimum atomic E-state index is -0.538. The fraction of sp³-hybridized carbons (Fsp3) is 0.250. The van der Waals surface area contributed by atoms with E-state index in [2.05, 4.69) is 15.0 Å². The van der Waals surface area contributed by atoms with E-state index in [0.717, 1.165) is 10.6 Å². The van der Waals surface area contributed by atoms with Gasteiger partial charge in [-0.05, 0) is 43.8 Å². The largest absolute Gasteiger partial charge is 0.387 e. The number of hydrogen-bond acceptors (Lipinski definition) is 5. The van der Waals surface area contributed by atoms with E-state index in [0.29, 0.717) is 10.9 Å². The number of aromatic nitrogens is 3. The first kappa shape index (κ1) is 12.0. The standard InChI is InChI=1S/C12H13N3OS/c1-8-5-6-13-12(15-8)17-10-3-4-11(9(2)16)14-7-10/h3-7,9,16H,1-2H3/t9-/m0/s1. The second kappa shape index (κ2) is 5.25. The van der Waals surface area contributed by atoms with Crippen molar-refractivity contribution >= 4 is 11.8 Å². The molecule has 2 rings (SSSR count). The number of aryl methyl sites for hydroxylation is 1. The monoisotopic (exact) mass is 247 g/mol. The van der Waals surface area contributed by atoms with Crippen LogP contribution in [0.3, 0.4) is 0 Å². The summed E-state index contributed by atoms with van der Waals surface area (Å²) < 4.78 is 0. The fourth-order valence-electron chi connectivity index (χ4n) is 1.28. The van der Waals surface area contributed by atoms with E-state index in [4.69, 9.17) is 0 Å². The molecule has 0 spiro atoms. The van der Waals surface area contributed by atoms with Crippen molar-refractivity contribution in [3.63, 3.8) is 0 Å². The van der Waals surface area contributed by atoms with Gasteiger partial charge in [0.2, 0.25) is 0 Å². The Morgan fingerprint density at radius 2 is 2.06 bits per heavy atom. The molecule has 0 aromatic carbocycles. The van der Waals surface area contributed by atoms with Crippen molar-refractivity contribution in [2.75, 3.05) is 0 Å². The molecule has 0 bridgehead atoms. The summed E-state index contributed by atoms with van der Waals surface area (Å²) in [6, 6.07) is 5.58. The van der Waals surface area contributed by atoms with Crippen molar-refractivity contribution in [2.45, 2.75) is 30.0 Å². The predicted molar refractivity (Wildman–Crippen MR) is 65.8 cm³/mol. The van der Waals surface area contributed by atoms with Crippen molar-refractivity contribution in [3.05, 3.63) is 42.0 Å². The Balaban J connectivity index is 2.14. The van der Waals surface area contributed by atoms with Gasteiger partial charge in [-0.25, -0.2) is 9.97 Å². The van der Waals surface area contributed by atoms with Crippen LogP contribution in [0.4, 0.5) is 0 Å². The third-order valence-electron chi connectivity index (χ3n) is 2.17. The molecule has 88 valence electrons. The molecular weight excluding hydrogens is 234 g/mol. The van der Waals surface area contributed by atoms with Gasteiger partial charge in [0.15, 0.2) is 5.16 Å². The minimum Gasteiger partial charge on any atom is -0.387 e. The van der Waals surface area contributed by atoms with Crippen LogP contribution in [0, 0.1) is 6.92 Å². The Morgan fingerprint density at radius 3 is 2.65 bits per heavy atom. The number of rotatable bonds is 3. The van der Waals surface area contributed by atoms with Crippen LogP contribution in [0.25, 0.3) is 0 Å². The topological polar surface area (TPSA) is 58.9 Å². The number of hydrogen-bond donors (Lipinski definition) is 1. The lowest BCUT2D eigenvalue weighted by atomic mass is 10.2. The zero-order valence-electron chi connectivity index (χ0n) is 9.66. The lowest BCUT2D eigenvalue weighted by molar-refractivity contribution is 0.194. The summed E-state index contributed by atoms with van der Waals surface area (Å²) in [5.74, 6) is 0. The molecule has 0 unspecified atom stereocenters. The van der Waals surface area contributed by atoms with Crippen molar-refractivity contribution in [2.24, 2.45) is 0 Å². The SMILES string of the molecule is Cc1ccnc(Sc2ccc([C@H](C)O)nc2)n1. The van der Waals surface area contributed by atoms with Gasteiger partial charge in [0.25, 0.3) is 0 Å². The van der Waals surface area contributed by atoms with Crippen molar-refractivity contribution in [1.82, 2.24) is 15.0 Å². The maximum atomic E-state index is 9.35. The maximum Gasteiger partial charge on any atom is 0.192 e. The minimum absolute atomic E-state index is 0.538. The first-order valence-corrected chi connectivity index (χ1v) is 6.08. The zero-order chi connectivity index (χ0) is 12.3. The second-order valence-electron chi connectivity index (χ2n) is 3.68. The third-order valence-corrected chi connectivity index (χ3v) is 3.03. The fourth-order valence-corrected chi connectivity index (χ4v) is 2.04. The van der Waals surface area contributed by atoms with E-state index in [-0.39, 0.29) is 0 Å². The van der Waals surface area contributed by atoms with E-state index in [1.165, 1.54) is 11.8 Å². The lowest BCUT2D eigenvalue weighted by Gasteiger charge is -2.04. The molecule has 4 nitrogen and oxygen atoms in total. The molecule has 0 aliphatic carbocycles. The molecule has 2 aromatic rings. The molecule has 0 amide bonds. The van der Waals surface area contributed by atoms with Crippen LogP contribution < -0.4 is 0 Å². The van der Waals surface area contributed by atoms with Gasteiger partial charge in [0.05, 0.1) is 11.8 Å². The highest BCUT2D eigenvalue weighted by molar-refractivity contribution is 7.99. The van der Waals surface area contributed by atoms with Crippen LogP contribution in [-0.2, 0) is 0 Å². The Morgan fingerprint density at radius 1 is 1.24 bits per heavy atom. The summed E-state index contributed by atoms with van der Waals surface area (Å²) in [7, 11) is 0. The smallest absolute Gasteiger partial charge is 0.192 e. The molecule has 0 aliphatic heterocycles.